The molecule has 1 atom stereocenters. The van der Waals surface area contributed by atoms with Gasteiger partial charge in [-0.25, -0.2) is 4.79 Å². The first-order valence-electron chi connectivity index (χ1n) is 6.71. The molecule has 0 aliphatic rings. The topological polar surface area (TPSA) is 113 Å². The molecular formula is C14H20N2O5. The van der Waals surface area contributed by atoms with Crippen LogP contribution in [0.3, 0.4) is 0 Å². The predicted molar refractivity (Wildman–Crippen MR) is 77.3 cm³/mol. The molecule has 7 heteroatoms. The van der Waals surface area contributed by atoms with E-state index in [9.17, 15) is 20.0 Å². The summed E-state index contributed by atoms with van der Waals surface area (Å²) in [7, 11) is 0. The van der Waals surface area contributed by atoms with E-state index in [2.05, 4.69) is 5.32 Å². The minimum absolute atomic E-state index is 0.142. The van der Waals surface area contributed by atoms with E-state index in [0.717, 1.165) is 6.42 Å². The largest absolute Gasteiger partial charge is 0.477 e. The van der Waals surface area contributed by atoms with Gasteiger partial charge in [-0.15, -0.1) is 0 Å². The lowest BCUT2D eigenvalue weighted by Crippen LogP contribution is -2.37. The van der Waals surface area contributed by atoms with E-state index in [1.807, 2.05) is 6.92 Å². The SMILES string of the molecule is CCCC(C)(O)CNCc1cccc([N+](=O)[O-])c1C(=O)O. The molecule has 3 N–H and O–H groups in total. The fraction of sp³-hybridized carbons (Fsp3) is 0.500. The molecule has 0 saturated heterocycles. The lowest BCUT2D eigenvalue weighted by atomic mass is 10.0. The zero-order valence-electron chi connectivity index (χ0n) is 12.1. The molecule has 0 fully saturated rings. The van der Waals surface area contributed by atoms with Crippen molar-refractivity contribution in [1.29, 1.82) is 0 Å². The van der Waals surface area contributed by atoms with Gasteiger partial charge in [0.2, 0.25) is 0 Å². The maximum Gasteiger partial charge on any atom is 0.343 e. The lowest BCUT2D eigenvalue weighted by Gasteiger charge is -2.23. The van der Waals surface area contributed by atoms with Gasteiger partial charge in [-0.3, -0.25) is 10.1 Å². The summed E-state index contributed by atoms with van der Waals surface area (Å²) < 4.78 is 0. The maximum absolute atomic E-state index is 11.2. The van der Waals surface area contributed by atoms with E-state index >= 15 is 0 Å². The molecule has 116 valence electrons. The number of aliphatic hydroxyl groups is 1. The summed E-state index contributed by atoms with van der Waals surface area (Å²) in [5.41, 5.74) is -1.31. The smallest absolute Gasteiger partial charge is 0.343 e. The third kappa shape index (κ3) is 4.80. The van der Waals surface area contributed by atoms with Crippen LogP contribution in [0.5, 0.6) is 0 Å². The van der Waals surface area contributed by atoms with E-state index in [1.165, 1.54) is 18.2 Å². The molecule has 0 aliphatic carbocycles. The number of benzene rings is 1. The molecule has 0 spiro atoms. The minimum atomic E-state index is -1.33. The predicted octanol–water partition coefficient (Wildman–Crippen LogP) is 1.93. The quantitative estimate of drug-likeness (QED) is 0.499. The van der Waals surface area contributed by atoms with Crippen molar-refractivity contribution < 1.29 is 19.9 Å². The molecule has 0 aromatic heterocycles. The molecule has 0 bridgehead atoms. The Labute approximate surface area is 122 Å². The van der Waals surface area contributed by atoms with Gasteiger partial charge < -0.3 is 15.5 Å². The highest BCUT2D eigenvalue weighted by Crippen LogP contribution is 2.22. The molecule has 21 heavy (non-hydrogen) atoms. The Hall–Kier alpha value is -1.99. The van der Waals surface area contributed by atoms with Crippen molar-refractivity contribution in [2.75, 3.05) is 6.54 Å². The molecule has 1 aromatic carbocycles. The van der Waals surface area contributed by atoms with E-state index in [-0.39, 0.29) is 18.7 Å². The van der Waals surface area contributed by atoms with Crippen molar-refractivity contribution in [3.63, 3.8) is 0 Å². The normalized spacial score (nSPS) is 13.7. The average Bonchev–Trinajstić information content (AvgIpc) is 2.37. The molecule has 0 heterocycles. The fourth-order valence-electron chi connectivity index (χ4n) is 2.23. The Morgan fingerprint density at radius 3 is 2.67 bits per heavy atom. The summed E-state index contributed by atoms with van der Waals surface area (Å²) in [5.74, 6) is -1.33. The molecule has 0 radical (unpaired) electrons. The highest BCUT2D eigenvalue weighted by atomic mass is 16.6. The molecule has 0 saturated carbocycles. The molecule has 1 unspecified atom stereocenters. The summed E-state index contributed by atoms with van der Waals surface area (Å²) in [4.78, 5) is 21.4. The van der Waals surface area contributed by atoms with E-state index in [1.54, 1.807) is 6.92 Å². The number of nitrogens with one attached hydrogen (secondary N) is 1. The second-order valence-corrected chi connectivity index (χ2v) is 5.22. The Morgan fingerprint density at radius 2 is 2.14 bits per heavy atom. The number of carbonyl (C=O) groups is 1. The Balaban J connectivity index is 2.87. The van der Waals surface area contributed by atoms with Crippen molar-refractivity contribution in [3.8, 4) is 0 Å². The van der Waals surface area contributed by atoms with Crippen molar-refractivity contribution in [3.05, 3.63) is 39.4 Å². The minimum Gasteiger partial charge on any atom is -0.477 e. The number of aromatic carboxylic acids is 1. The van der Waals surface area contributed by atoms with Gasteiger partial charge in [0, 0.05) is 19.2 Å². The molecule has 7 nitrogen and oxygen atoms in total. The summed E-state index contributed by atoms with van der Waals surface area (Å²) in [6, 6.07) is 4.14. The summed E-state index contributed by atoms with van der Waals surface area (Å²) in [5, 5.41) is 33.0. The monoisotopic (exact) mass is 296 g/mol. The average molecular weight is 296 g/mol. The fourth-order valence-corrected chi connectivity index (χ4v) is 2.23. The first-order chi connectivity index (χ1) is 9.78. The number of nitro groups is 1. The first kappa shape index (κ1) is 17.1. The second kappa shape index (κ2) is 7.14. The van der Waals surface area contributed by atoms with Crippen molar-refractivity contribution >= 4 is 11.7 Å². The molecule has 1 aromatic rings. The van der Waals surface area contributed by atoms with Crippen LogP contribution in [-0.2, 0) is 6.54 Å². The van der Waals surface area contributed by atoms with E-state index < -0.39 is 22.2 Å². The van der Waals surface area contributed by atoms with Crippen molar-refractivity contribution in [2.45, 2.75) is 38.8 Å². The van der Waals surface area contributed by atoms with Crippen LogP contribution in [0.1, 0.15) is 42.6 Å². The van der Waals surface area contributed by atoms with E-state index in [0.29, 0.717) is 12.0 Å². The number of rotatable bonds is 8. The van der Waals surface area contributed by atoms with Gasteiger partial charge in [-0.1, -0.05) is 25.5 Å². The zero-order valence-corrected chi connectivity index (χ0v) is 12.1. The molecular weight excluding hydrogens is 276 g/mol. The zero-order chi connectivity index (χ0) is 16.0. The van der Waals surface area contributed by atoms with Gasteiger partial charge >= 0.3 is 5.97 Å². The van der Waals surface area contributed by atoms with Crippen LogP contribution in [0, 0.1) is 10.1 Å². The van der Waals surface area contributed by atoms with E-state index in [4.69, 9.17) is 5.11 Å². The summed E-state index contributed by atoms with van der Waals surface area (Å²) >= 11 is 0. The van der Waals surface area contributed by atoms with Crippen molar-refractivity contribution in [1.82, 2.24) is 5.32 Å². The standard InChI is InChI=1S/C14H20N2O5/c1-3-7-14(2,19)9-15-8-10-5-4-6-11(16(20)21)12(10)13(17)18/h4-6,15,19H,3,7-9H2,1-2H3,(H,17,18). The summed E-state index contributed by atoms with van der Waals surface area (Å²) in [6.45, 7) is 4.07. The number of carboxylic acids is 1. The highest BCUT2D eigenvalue weighted by molar-refractivity contribution is 5.94. The Kier molecular flexibility index (Phi) is 5.80. The number of hydrogen-bond donors (Lipinski definition) is 3. The van der Waals surface area contributed by atoms with Crippen LogP contribution >= 0.6 is 0 Å². The van der Waals surface area contributed by atoms with Crippen LogP contribution in [0.15, 0.2) is 18.2 Å². The van der Waals surface area contributed by atoms with Gasteiger partial charge in [0.25, 0.3) is 5.69 Å². The maximum atomic E-state index is 11.2. The van der Waals surface area contributed by atoms with Crippen LogP contribution in [0.25, 0.3) is 0 Å². The number of nitrogens with zero attached hydrogens (tertiary/aromatic N) is 1. The van der Waals surface area contributed by atoms with Crippen LogP contribution < -0.4 is 5.32 Å². The van der Waals surface area contributed by atoms with Gasteiger partial charge in [0.05, 0.1) is 10.5 Å². The third-order valence-corrected chi connectivity index (χ3v) is 3.15. The van der Waals surface area contributed by atoms with Crippen LogP contribution in [0.2, 0.25) is 0 Å². The highest BCUT2D eigenvalue weighted by Gasteiger charge is 2.24. The van der Waals surface area contributed by atoms with Crippen molar-refractivity contribution in [2.24, 2.45) is 0 Å². The number of carboxylic acid groups (broad SMARTS) is 1. The Bertz CT molecular complexity index is 528. The number of hydrogen-bond acceptors (Lipinski definition) is 5. The second-order valence-electron chi connectivity index (χ2n) is 5.22. The first-order valence-corrected chi connectivity index (χ1v) is 6.71. The van der Waals surface area contributed by atoms with Crippen LogP contribution in [-0.4, -0.2) is 33.3 Å². The molecule has 0 aliphatic heterocycles. The third-order valence-electron chi connectivity index (χ3n) is 3.15. The van der Waals surface area contributed by atoms with Gasteiger partial charge in [0.15, 0.2) is 0 Å². The molecule has 0 amide bonds. The summed E-state index contributed by atoms with van der Waals surface area (Å²) in [6.07, 6.45) is 1.44. The lowest BCUT2D eigenvalue weighted by molar-refractivity contribution is -0.385. The Morgan fingerprint density at radius 1 is 1.48 bits per heavy atom. The van der Waals surface area contributed by atoms with Gasteiger partial charge in [0.1, 0.15) is 5.56 Å². The number of nitro benzene ring substituents is 1. The van der Waals surface area contributed by atoms with Crippen LogP contribution in [0.4, 0.5) is 5.69 Å². The van der Waals surface area contributed by atoms with Gasteiger partial charge in [-0.2, -0.15) is 0 Å². The molecule has 1 rings (SSSR count). The van der Waals surface area contributed by atoms with Gasteiger partial charge in [-0.05, 0) is 18.9 Å².